The largest absolute Gasteiger partial charge is 0.381 e. The van der Waals surface area contributed by atoms with Crippen LogP contribution in [0.2, 0.25) is 0 Å². The van der Waals surface area contributed by atoms with Gasteiger partial charge in [0.25, 0.3) is 0 Å². The van der Waals surface area contributed by atoms with E-state index in [1.165, 1.54) is 6.20 Å². The van der Waals surface area contributed by atoms with Crippen LogP contribution in [-0.2, 0) is 0 Å². The van der Waals surface area contributed by atoms with E-state index in [0.717, 1.165) is 4.73 Å². The Bertz CT molecular complexity index is 825. The van der Waals surface area contributed by atoms with E-state index >= 15 is 0 Å². The summed E-state index contributed by atoms with van der Waals surface area (Å²) in [7, 11) is 0. The van der Waals surface area contributed by atoms with Gasteiger partial charge in [-0.05, 0) is 18.2 Å². The maximum absolute atomic E-state index is 12.0. The van der Waals surface area contributed by atoms with Gasteiger partial charge in [0.05, 0.1) is 11.1 Å². The smallest absolute Gasteiger partial charge is 0.326 e. The van der Waals surface area contributed by atoms with Gasteiger partial charge in [-0.2, -0.15) is 4.98 Å². The first-order valence-corrected chi connectivity index (χ1v) is 6.00. The second kappa shape index (κ2) is 4.97. The van der Waals surface area contributed by atoms with Crippen molar-refractivity contribution in [2.75, 3.05) is 0 Å². The van der Waals surface area contributed by atoms with E-state index in [4.69, 9.17) is 4.84 Å². The maximum atomic E-state index is 12.0. The molecule has 0 fully saturated rings. The van der Waals surface area contributed by atoms with Crippen molar-refractivity contribution in [2.45, 2.75) is 0 Å². The van der Waals surface area contributed by atoms with Crippen molar-refractivity contribution >= 4 is 16.9 Å². The topological polar surface area (TPSA) is 61.2 Å². The average Bonchev–Trinajstić information content (AvgIpc) is 2.51. The van der Waals surface area contributed by atoms with Crippen molar-refractivity contribution in [1.29, 1.82) is 0 Å². The number of hydrogen-bond acceptors (Lipinski definition) is 4. The third kappa shape index (κ3) is 2.16. The highest BCUT2D eigenvalue weighted by molar-refractivity contribution is 5.90. The van der Waals surface area contributed by atoms with Crippen LogP contribution >= 0.6 is 0 Å². The number of carbonyl (C=O) groups excluding carboxylic acids is 1. The van der Waals surface area contributed by atoms with Crippen molar-refractivity contribution in [3.05, 3.63) is 76.8 Å². The summed E-state index contributed by atoms with van der Waals surface area (Å²) in [5, 5.41) is 0.716. The Labute approximate surface area is 114 Å². The minimum Gasteiger partial charge on any atom is -0.326 e. The molecule has 0 N–H and O–H groups in total. The first-order chi connectivity index (χ1) is 9.75. The fraction of sp³-hybridized carbons (Fsp3) is 0. The highest BCUT2D eigenvalue weighted by Gasteiger charge is 2.11. The predicted octanol–water partition coefficient (Wildman–Crippen LogP) is 1.67. The number of carbonyl (C=O) groups is 1. The van der Waals surface area contributed by atoms with E-state index < -0.39 is 11.7 Å². The quantitative estimate of drug-likeness (QED) is 0.707. The zero-order valence-electron chi connectivity index (χ0n) is 10.4. The molecule has 5 nitrogen and oxygen atoms in total. The second-order valence-electron chi connectivity index (χ2n) is 4.14. The number of nitrogens with zero attached hydrogens (tertiary/aromatic N) is 2. The standard InChI is InChI=1S/C15H10N2O3/c18-14(11-6-2-1-3-7-11)20-17-13-9-5-4-8-12(13)10-16-15(17)19/h1-10H. The molecule has 1 aromatic heterocycles. The molecule has 0 bridgehead atoms. The first kappa shape index (κ1) is 12.1. The molecule has 0 atom stereocenters. The molecule has 98 valence electrons. The van der Waals surface area contributed by atoms with Gasteiger partial charge >= 0.3 is 11.7 Å². The summed E-state index contributed by atoms with van der Waals surface area (Å²) in [6.45, 7) is 0. The van der Waals surface area contributed by atoms with E-state index in [9.17, 15) is 9.59 Å². The molecule has 1 heterocycles. The third-order valence-corrected chi connectivity index (χ3v) is 2.83. The number of rotatable bonds is 2. The first-order valence-electron chi connectivity index (χ1n) is 6.00. The van der Waals surface area contributed by atoms with Crippen LogP contribution in [0, 0.1) is 0 Å². The van der Waals surface area contributed by atoms with Gasteiger partial charge in [0.2, 0.25) is 0 Å². The van der Waals surface area contributed by atoms with E-state index in [2.05, 4.69) is 4.98 Å². The van der Waals surface area contributed by atoms with Crippen LogP contribution in [0.5, 0.6) is 0 Å². The summed E-state index contributed by atoms with van der Waals surface area (Å²) < 4.78 is 0.907. The average molecular weight is 266 g/mol. The Morgan fingerprint density at radius 2 is 1.70 bits per heavy atom. The highest BCUT2D eigenvalue weighted by atomic mass is 16.7. The van der Waals surface area contributed by atoms with Crippen molar-refractivity contribution in [1.82, 2.24) is 9.71 Å². The fourth-order valence-electron chi connectivity index (χ4n) is 1.86. The molecule has 20 heavy (non-hydrogen) atoms. The van der Waals surface area contributed by atoms with Crippen LogP contribution < -0.4 is 10.5 Å². The Balaban J connectivity index is 2.05. The molecule has 0 saturated heterocycles. The molecule has 3 rings (SSSR count). The van der Waals surface area contributed by atoms with Crippen LogP contribution in [-0.4, -0.2) is 15.7 Å². The molecular weight excluding hydrogens is 256 g/mol. The van der Waals surface area contributed by atoms with Crippen molar-refractivity contribution in [2.24, 2.45) is 0 Å². The fourth-order valence-corrected chi connectivity index (χ4v) is 1.86. The van der Waals surface area contributed by atoms with Crippen molar-refractivity contribution < 1.29 is 9.63 Å². The lowest BCUT2D eigenvalue weighted by Crippen LogP contribution is -2.32. The van der Waals surface area contributed by atoms with E-state index in [1.54, 1.807) is 48.5 Å². The van der Waals surface area contributed by atoms with Gasteiger partial charge in [0.15, 0.2) is 0 Å². The Morgan fingerprint density at radius 1 is 1.00 bits per heavy atom. The summed E-state index contributed by atoms with van der Waals surface area (Å²) in [5.74, 6) is -0.606. The summed E-state index contributed by atoms with van der Waals surface area (Å²) >= 11 is 0. The molecular formula is C15H10N2O3. The Morgan fingerprint density at radius 3 is 2.50 bits per heavy atom. The summed E-state index contributed by atoms with van der Waals surface area (Å²) in [4.78, 5) is 32.6. The van der Waals surface area contributed by atoms with Crippen molar-refractivity contribution in [3.8, 4) is 0 Å². The molecule has 0 aliphatic carbocycles. The van der Waals surface area contributed by atoms with Crippen LogP contribution in [0.15, 0.2) is 65.6 Å². The number of para-hydroxylation sites is 1. The Hall–Kier alpha value is -2.95. The number of fused-ring (bicyclic) bond motifs is 1. The van der Waals surface area contributed by atoms with Crippen LogP contribution in [0.4, 0.5) is 0 Å². The van der Waals surface area contributed by atoms with Gasteiger partial charge in [0.1, 0.15) is 0 Å². The summed E-state index contributed by atoms with van der Waals surface area (Å²) in [6, 6.07) is 15.5. The molecule has 5 heteroatoms. The van der Waals surface area contributed by atoms with Crippen LogP contribution in [0.25, 0.3) is 10.9 Å². The minimum absolute atomic E-state index is 0.368. The molecule has 0 amide bonds. The monoisotopic (exact) mass is 266 g/mol. The van der Waals surface area contributed by atoms with E-state index in [0.29, 0.717) is 16.5 Å². The molecule has 0 saturated carbocycles. The summed E-state index contributed by atoms with van der Waals surface area (Å²) in [6.07, 6.45) is 1.45. The number of hydrogen-bond donors (Lipinski definition) is 0. The number of benzene rings is 2. The van der Waals surface area contributed by atoms with E-state index in [-0.39, 0.29) is 0 Å². The predicted molar refractivity (Wildman–Crippen MR) is 73.4 cm³/mol. The van der Waals surface area contributed by atoms with Crippen molar-refractivity contribution in [3.63, 3.8) is 0 Å². The lowest BCUT2D eigenvalue weighted by atomic mass is 10.2. The highest BCUT2D eigenvalue weighted by Crippen LogP contribution is 2.09. The maximum Gasteiger partial charge on any atom is 0.381 e. The zero-order valence-corrected chi connectivity index (χ0v) is 10.4. The zero-order chi connectivity index (χ0) is 13.9. The van der Waals surface area contributed by atoms with E-state index in [1.807, 2.05) is 6.07 Å². The molecule has 3 aromatic rings. The Kier molecular flexibility index (Phi) is 3.01. The lowest BCUT2D eigenvalue weighted by Gasteiger charge is -2.08. The number of aromatic nitrogens is 2. The van der Waals surface area contributed by atoms with Crippen LogP contribution in [0.3, 0.4) is 0 Å². The summed E-state index contributed by atoms with van der Waals surface area (Å²) in [5.41, 5.74) is 0.233. The molecule has 0 spiro atoms. The van der Waals surface area contributed by atoms with Gasteiger partial charge in [-0.3, -0.25) is 0 Å². The van der Waals surface area contributed by atoms with Gasteiger partial charge in [-0.15, -0.1) is 4.73 Å². The third-order valence-electron chi connectivity index (χ3n) is 2.83. The minimum atomic E-state index is -0.631. The second-order valence-corrected chi connectivity index (χ2v) is 4.14. The molecule has 2 aromatic carbocycles. The molecule has 0 aliphatic heterocycles. The van der Waals surface area contributed by atoms with Gasteiger partial charge in [-0.1, -0.05) is 36.4 Å². The molecule has 0 radical (unpaired) electrons. The van der Waals surface area contributed by atoms with Crippen LogP contribution in [0.1, 0.15) is 10.4 Å². The molecule has 0 unspecified atom stereocenters. The normalized spacial score (nSPS) is 10.4. The van der Waals surface area contributed by atoms with Gasteiger partial charge in [-0.25, -0.2) is 9.59 Å². The van der Waals surface area contributed by atoms with Gasteiger partial charge in [0, 0.05) is 11.6 Å². The molecule has 0 aliphatic rings. The van der Waals surface area contributed by atoms with Gasteiger partial charge < -0.3 is 4.84 Å². The SMILES string of the molecule is O=C(On1c(=O)ncc2ccccc21)c1ccccc1. The lowest BCUT2D eigenvalue weighted by molar-refractivity contribution is 0.0459.